The Morgan fingerprint density at radius 3 is 1.53 bits per heavy atom. The van der Waals surface area contributed by atoms with Crippen molar-refractivity contribution in [1.82, 2.24) is 0 Å². The maximum atomic E-state index is 9.23. The second-order valence-electron chi connectivity index (χ2n) is 3.28. The van der Waals surface area contributed by atoms with E-state index in [1.807, 2.05) is 60.7 Å². The predicted octanol–water partition coefficient (Wildman–Crippen LogP) is 3.41. The fraction of sp³-hybridized carbons (Fsp3) is 0.0769. The van der Waals surface area contributed by atoms with E-state index in [0.29, 0.717) is 11.5 Å². The molecule has 17 heavy (non-hydrogen) atoms. The number of benzene rings is 2. The van der Waals surface area contributed by atoms with Gasteiger partial charge in [0, 0.05) is 0 Å². The van der Waals surface area contributed by atoms with Gasteiger partial charge in [-0.1, -0.05) is 36.4 Å². The molecule has 88 valence electrons. The van der Waals surface area contributed by atoms with Gasteiger partial charge in [-0.25, -0.2) is 0 Å². The lowest BCUT2D eigenvalue weighted by atomic mass is 10.3. The van der Waals surface area contributed by atoms with E-state index in [2.05, 4.69) is 0 Å². The lowest BCUT2D eigenvalue weighted by Crippen LogP contribution is -1.99. The maximum Gasteiger partial charge on any atom is 0.318 e. The first-order valence-corrected chi connectivity index (χ1v) is 6.59. The van der Waals surface area contributed by atoms with Gasteiger partial charge in [0.15, 0.2) is 0 Å². The van der Waals surface area contributed by atoms with Gasteiger partial charge in [-0.3, -0.25) is 0 Å². The van der Waals surface area contributed by atoms with Crippen molar-refractivity contribution in [2.45, 2.75) is 0 Å². The van der Waals surface area contributed by atoms with Crippen LogP contribution in [0.15, 0.2) is 60.7 Å². The average Bonchev–Trinajstić information content (AvgIpc) is 2.40. The highest BCUT2D eigenvalue weighted by Crippen LogP contribution is 2.38. The molecule has 0 unspecified atom stereocenters. The van der Waals surface area contributed by atoms with Gasteiger partial charge in [0.25, 0.3) is 0 Å². The van der Waals surface area contributed by atoms with Crippen LogP contribution in [-0.2, 0) is 0 Å². The summed E-state index contributed by atoms with van der Waals surface area (Å²) in [6.45, 7) is 0. The fourth-order valence-electron chi connectivity index (χ4n) is 1.27. The van der Waals surface area contributed by atoms with Crippen LogP contribution in [0, 0.1) is 0 Å². The van der Waals surface area contributed by atoms with Crippen LogP contribution in [0.2, 0.25) is 0 Å². The molecule has 0 amide bonds. The lowest BCUT2D eigenvalue weighted by Gasteiger charge is -2.16. The summed E-state index contributed by atoms with van der Waals surface area (Å²) >= 11 is 0. The Hall–Kier alpha value is -1.57. The van der Waals surface area contributed by atoms with Crippen molar-refractivity contribution in [3.8, 4) is 11.5 Å². The Morgan fingerprint density at radius 2 is 1.18 bits per heavy atom. The van der Waals surface area contributed by atoms with Crippen LogP contribution in [0.3, 0.4) is 0 Å². The van der Waals surface area contributed by atoms with Gasteiger partial charge in [0.1, 0.15) is 17.8 Å². The largest absolute Gasteiger partial charge is 0.437 e. The van der Waals surface area contributed by atoms with E-state index in [-0.39, 0.29) is 6.35 Å². The second kappa shape index (κ2) is 6.24. The van der Waals surface area contributed by atoms with E-state index >= 15 is 0 Å². The zero-order valence-electron chi connectivity index (χ0n) is 9.19. The van der Waals surface area contributed by atoms with Crippen molar-refractivity contribution < 1.29 is 14.2 Å². The van der Waals surface area contributed by atoms with Crippen LogP contribution >= 0.6 is 8.38 Å². The number of aliphatic hydroxyl groups is 1. The van der Waals surface area contributed by atoms with Crippen molar-refractivity contribution in [3.63, 3.8) is 0 Å². The van der Waals surface area contributed by atoms with Crippen molar-refractivity contribution >= 4 is 8.38 Å². The summed E-state index contributed by atoms with van der Waals surface area (Å²) in [5.41, 5.74) is 0. The van der Waals surface area contributed by atoms with Crippen LogP contribution in [0.1, 0.15) is 0 Å². The first-order chi connectivity index (χ1) is 8.38. The Balaban J connectivity index is 1.98. The van der Waals surface area contributed by atoms with Crippen molar-refractivity contribution in [2.75, 3.05) is 6.35 Å². The Morgan fingerprint density at radius 1 is 0.765 bits per heavy atom. The summed E-state index contributed by atoms with van der Waals surface area (Å²) < 4.78 is 11.1. The molecule has 0 spiro atoms. The zero-order chi connectivity index (χ0) is 11.9. The number of aliphatic hydroxyl groups excluding tert-OH is 1. The van der Waals surface area contributed by atoms with E-state index in [1.165, 1.54) is 0 Å². The van der Waals surface area contributed by atoms with Gasteiger partial charge in [-0.05, 0) is 24.3 Å². The highest BCUT2D eigenvalue weighted by molar-refractivity contribution is 7.47. The quantitative estimate of drug-likeness (QED) is 0.824. The Labute approximate surface area is 102 Å². The first-order valence-electron chi connectivity index (χ1n) is 5.23. The number of hydrogen-bond donors (Lipinski definition) is 1. The molecule has 2 aromatic carbocycles. The smallest absolute Gasteiger partial charge is 0.318 e. The lowest BCUT2D eigenvalue weighted by molar-refractivity contribution is 0.336. The summed E-state index contributed by atoms with van der Waals surface area (Å²) in [4.78, 5) is 0. The third-order valence-corrected chi connectivity index (χ3v) is 3.08. The van der Waals surface area contributed by atoms with Crippen molar-refractivity contribution in [3.05, 3.63) is 60.7 Å². The van der Waals surface area contributed by atoms with Gasteiger partial charge < -0.3 is 14.2 Å². The van der Waals surface area contributed by atoms with Gasteiger partial charge in [0.2, 0.25) is 0 Å². The van der Waals surface area contributed by atoms with Crippen LogP contribution < -0.4 is 9.05 Å². The van der Waals surface area contributed by atoms with E-state index < -0.39 is 8.38 Å². The zero-order valence-corrected chi connectivity index (χ0v) is 10.1. The summed E-state index contributed by atoms with van der Waals surface area (Å²) in [6.07, 6.45) is -0.140. The highest BCUT2D eigenvalue weighted by atomic mass is 31.2. The summed E-state index contributed by atoms with van der Waals surface area (Å²) in [6, 6.07) is 18.7. The Bertz CT molecular complexity index is 391. The molecule has 0 radical (unpaired) electrons. The van der Waals surface area contributed by atoms with Crippen LogP contribution in [0.25, 0.3) is 0 Å². The minimum atomic E-state index is -1.36. The third kappa shape index (κ3) is 3.74. The van der Waals surface area contributed by atoms with Crippen molar-refractivity contribution in [1.29, 1.82) is 0 Å². The molecule has 0 atom stereocenters. The second-order valence-corrected chi connectivity index (χ2v) is 4.60. The molecule has 2 aromatic rings. The first kappa shape index (κ1) is 11.9. The average molecular weight is 248 g/mol. The minimum Gasteiger partial charge on any atom is -0.437 e. The molecule has 0 heterocycles. The fourth-order valence-corrected chi connectivity index (χ4v) is 2.14. The molecule has 0 aromatic heterocycles. The summed E-state index contributed by atoms with van der Waals surface area (Å²) in [5.74, 6) is 1.40. The van der Waals surface area contributed by atoms with Crippen LogP contribution in [0.5, 0.6) is 11.5 Å². The monoisotopic (exact) mass is 248 g/mol. The molecule has 0 aliphatic rings. The number of rotatable bonds is 5. The SMILES string of the molecule is OCP(Oc1ccccc1)Oc1ccccc1. The molecule has 0 bridgehead atoms. The molecule has 1 N–H and O–H groups in total. The van der Waals surface area contributed by atoms with Crippen molar-refractivity contribution in [2.24, 2.45) is 0 Å². The molecular formula is C13H13O3P. The number of hydrogen-bond acceptors (Lipinski definition) is 3. The van der Waals surface area contributed by atoms with E-state index in [1.54, 1.807) is 0 Å². The molecule has 0 aliphatic carbocycles. The molecule has 0 fully saturated rings. The van der Waals surface area contributed by atoms with E-state index in [9.17, 15) is 5.11 Å². The van der Waals surface area contributed by atoms with E-state index in [0.717, 1.165) is 0 Å². The predicted molar refractivity (Wildman–Crippen MR) is 68.1 cm³/mol. The normalized spacial score (nSPS) is 10.2. The molecule has 0 saturated carbocycles. The minimum absolute atomic E-state index is 0.140. The highest BCUT2D eigenvalue weighted by Gasteiger charge is 2.12. The van der Waals surface area contributed by atoms with Gasteiger partial charge >= 0.3 is 8.38 Å². The summed E-state index contributed by atoms with van der Waals surface area (Å²) in [5, 5.41) is 9.23. The molecule has 0 aliphatic heterocycles. The molecule has 0 saturated heterocycles. The topological polar surface area (TPSA) is 38.7 Å². The molecule has 3 nitrogen and oxygen atoms in total. The Kier molecular flexibility index (Phi) is 4.37. The van der Waals surface area contributed by atoms with Gasteiger partial charge in [0.05, 0.1) is 0 Å². The van der Waals surface area contributed by atoms with E-state index in [4.69, 9.17) is 9.05 Å². The van der Waals surface area contributed by atoms with Crippen LogP contribution in [-0.4, -0.2) is 11.5 Å². The third-order valence-electron chi connectivity index (χ3n) is 2.02. The molecule has 2 rings (SSSR count). The van der Waals surface area contributed by atoms with Crippen LogP contribution in [0.4, 0.5) is 0 Å². The molecular weight excluding hydrogens is 235 g/mol. The van der Waals surface area contributed by atoms with Gasteiger partial charge in [-0.2, -0.15) is 0 Å². The summed E-state index contributed by atoms with van der Waals surface area (Å²) in [7, 11) is -1.36. The van der Waals surface area contributed by atoms with Gasteiger partial charge in [-0.15, -0.1) is 0 Å². The standard InChI is InChI=1S/C13H13O3P/c14-11-17(15-12-7-3-1-4-8-12)16-13-9-5-2-6-10-13/h1-10,14H,11H2. The molecule has 4 heteroatoms. The number of para-hydroxylation sites is 2. The maximum absolute atomic E-state index is 9.23.